The molecule has 134 valence electrons. The smallest absolute Gasteiger partial charge is 0.238 e. The molecule has 2 aromatic carbocycles. The second-order valence-corrected chi connectivity index (χ2v) is 8.54. The fraction of sp³-hybridized carbons (Fsp3) is 0.278. The van der Waals surface area contributed by atoms with Crippen molar-refractivity contribution in [2.24, 2.45) is 0 Å². The summed E-state index contributed by atoms with van der Waals surface area (Å²) in [7, 11) is -1.52. The summed E-state index contributed by atoms with van der Waals surface area (Å²) < 4.78 is 23.2. The molecule has 0 atom stereocenters. The van der Waals surface area contributed by atoms with Gasteiger partial charge in [-0.2, -0.15) is 0 Å². The first-order valence-electron chi connectivity index (χ1n) is 7.68. The average Bonchev–Trinajstić information content (AvgIpc) is 2.50. The minimum Gasteiger partial charge on any atom is -0.324 e. The maximum Gasteiger partial charge on any atom is 0.238 e. The van der Waals surface area contributed by atoms with Crippen molar-refractivity contribution in [2.45, 2.75) is 18.4 Å². The first-order valence-corrected chi connectivity index (χ1v) is 9.95. The van der Waals surface area contributed by atoms with Gasteiger partial charge in [0.25, 0.3) is 0 Å². The number of hydrogen-bond donors (Lipinski definition) is 1. The molecule has 1 N–H and O–H groups in total. The van der Waals surface area contributed by atoms with Crippen LogP contribution in [0.2, 0.25) is 5.02 Å². The van der Waals surface area contributed by atoms with Gasteiger partial charge >= 0.3 is 0 Å². The molecule has 0 spiro atoms. The molecular weight excluding hydrogens is 360 g/mol. The SMILES string of the molecule is Cc1ccc(CN(C)CC(=O)Nc2cc(S(C)(=O)=O)ccc2Cl)cc1. The van der Waals surface area contributed by atoms with Crippen LogP contribution in [0, 0.1) is 6.92 Å². The second-order valence-electron chi connectivity index (χ2n) is 6.12. The van der Waals surface area contributed by atoms with E-state index in [9.17, 15) is 13.2 Å². The quantitative estimate of drug-likeness (QED) is 0.836. The number of sulfone groups is 1. The van der Waals surface area contributed by atoms with Gasteiger partial charge in [-0.25, -0.2) is 8.42 Å². The van der Waals surface area contributed by atoms with Crippen LogP contribution in [0.1, 0.15) is 11.1 Å². The molecular formula is C18H21ClN2O3S. The Hall–Kier alpha value is -1.89. The summed E-state index contributed by atoms with van der Waals surface area (Å²) in [5, 5.41) is 2.96. The summed E-state index contributed by atoms with van der Waals surface area (Å²) in [5.41, 5.74) is 2.58. The van der Waals surface area contributed by atoms with Crippen molar-refractivity contribution in [2.75, 3.05) is 25.2 Å². The molecule has 7 heteroatoms. The number of hydrogen-bond acceptors (Lipinski definition) is 4. The summed E-state index contributed by atoms with van der Waals surface area (Å²) >= 11 is 6.05. The van der Waals surface area contributed by atoms with Gasteiger partial charge in [0.2, 0.25) is 5.91 Å². The lowest BCUT2D eigenvalue weighted by Gasteiger charge is -2.17. The Morgan fingerprint density at radius 2 is 1.80 bits per heavy atom. The third-order valence-electron chi connectivity index (χ3n) is 3.63. The fourth-order valence-corrected chi connectivity index (χ4v) is 3.14. The first-order chi connectivity index (χ1) is 11.6. The molecule has 0 saturated heterocycles. The van der Waals surface area contributed by atoms with E-state index in [1.54, 1.807) is 0 Å². The Kier molecular flexibility index (Phi) is 6.21. The molecule has 2 aromatic rings. The van der Waals surface area contributed by atoms with Gasteiger partial charge in [0.05, 0.1) is 22.2 Å². The Morgan fingerprint density at radius 1 is 1.16 bits per heavy atom. The fourth-order valence-electron chi connectivity index (χ4n) is 2.33. The predicted octanol–water partition coefficient (Wildman–Crippen LogP) is 3.12. The van der Waals surface area contributed by atoms with Gasteiger partial charge in [0.15, 0.2) is 9.84 Å². The number of rotatable bonds is 6. The summed E-state index contributed by atoms with van der Waals surface area (Å²) in [6.07, 6.45) is 1.11. The Balaban J connectivity index is 2.01. The van der Waals surface area contributed by atoms with Gasteiger partial charge in [-0.3, -0.25) is 9.69 Å². The van der Waals surface area contributed by atoms with E-state index in [4.69, 9.17) is 11.6 Å². The van der Waals surface area contributed by atoms with E-state index in [-0.39, 0.29) is 17.3 Å². The molecule has 0 aromatic heterocycles. The van der Waals surface area contributed by atoms with Gasteiger partial charge < -0.3 is 5.32 Å². The number of likely N-dealkylation sites (N-methyl/N-ethyl adjacent to an activating group) is 1. The molecule has 0 aliphatic rings. The Morgan fingerprint density at radius 3 is 2.40 bits per heavy atom. The van der Waals surface area contributed by atoms with Crippen molar-refractivity contribution >= 4 is 33.0 Å². The molecule has 0 radical (unpaired) electrons. The minimum absolute atomic E-state index is 0.111. The molecule has 0 saturated carbocycles. The van der Waals surface area contributed by atoms with Crippen LogP contribution in [0.15, 0.2) is 47.4 Å². The van der Waals surface area contributed by atoms with Crippen LogP contribution < -0.4 is 5.32 Å². The van der Waals surface area contributed by atoms with E-state index in [1.165, 1.54) is 23.8 Å². The van der Waals surface area contributed by atoms with E-state index >= 15 is 0 Å². The molecule has 0 aliphatic carbocycles. The van der Waals surface area contributed by atoms with Crippen LogP contribution in [0.5, 0.6) is 0 Å². The highest BCUT2D eigenvalue weighted by atomic mass is 35.5. The monoisotopic (exact) mass is 380 g/mol. The third-order valence-corrected chi connectivity index (χ3v) is 5.07. The van der Waals surface area contributed by atoms with E-state index in [0.717, 1.165) is 11.8 Å². The van der Waals surface area contributed by atoms with E-state index < -0.39 is 9.84 Å². The molecule has 5 nitrogen and oxygen atoms in total. The summed E-state index contributed by atoms with van der Waals surface area (Å²) in [6.45, 7) is 2.81. The third kappa shape index (κ3) is 5.85. The van der Waals surface area contributed by atoms with Crippen molar-refractivity contribution < 1.29 is 13.2 Å². The van der Waals surface area contributed by atoms with Crippen LogP contribution in [0.25, 0.3) is 0 Å². The number of nitrogens with one attached hydrogen (secondary N) is 1. The number of anilines is 1. The molecule has 0 aliphatic heterocycles. The van der Waals surface area contributed by atoms with Crippen molar-refractivity contribution in [1.82, 2.24) is 4.90 Å². The average molecular weight is 381 g/mol. The Labute approximate surface area is 153 Å². The summed E-state index contributed by atoms with van der Waals surface area (Å²) in [6, 6.07) is 12.3. The van der Waals surface area contributed by atoms with Crippen molar-refractivity contribution in [3.63, 3.8) is 0 Å². The normalized spacial score (nSPS) is 11.6. The zero-order chi connectivity index (χ0) is 18.6. The van der Waals surface area contributed by atoms with Crippen LogP contribution in [0.4, 0.5) is 5.69 Å². The molecule has 0 fully saturated rings. The van der Waals surface area contributed by atoms with E-state index in [1.807, 2.05) is 43.1 Å². The number of aryl methyl sites for hydroxylation is 1. The number of nitrogens with zero attached hydrogens (tertiary/aromatic N) is 1. The second kappa shape index (κ2) is 7.99. The highest BCUT2D eigenvalue weighted by Crippen LogP contribution is 2.25. The van der Waals surface area contributed by atoms with Crippen molar-refractivity contribution in [3.05, 3.63) is 58.6 Å². The highest BCUT2D eigenvalue weighted by molar-refractivity contribution is 7.90. The molecule has 2 rings (SSSR count). The number of benzene rings is 2. The van der Waals surface area contributed by atoms with Crippen molar-refractivity contribution in [1.29, 1.82) is 0 Å². The van der Waals surface area contributed by atoms with Crippen LogP contribution in [0.3, 0.4) is 0 Å². The number of carbonyl (C=O) groups excluding carboxylic acids is 1. The molecule has 0 heterocycles. The molecule has 1 amide bonds. The largest absolute Gasteiger partial charge is 0.324 e. The topological polar surface area (TPSA) is 66.5 Å². The number of halogens is 1. The lowest BCUT2D eigenvalue weighted by atomic mass is 10.1. The lowest BCUT2D eigenvalue weighted by molar-refractivity contribution is -0.117. The zero-order valence-corrected chi connectivity index (χ0v) is 16.0. The van der Waals surface area contributed by atoms with Gasteiger partial charge in [-0.15, -0.1) is 0 Å². The van der Waals surface area contributed by atoms with Crippen LogP contribution in [-0.4, -0.2) is 39.1 Å². The van der Waals surface area contributed by atoms with E-state index in [0.29, 0.717) is 17.3 Å². The van der Waals surface area contributed by atoms with Gasteiger partial charge in [0, 0.05) is 12.8 Å². The predicted molar refractivity (Wildman–Crippen MR) is 101 cm³/mol. The minimum atomic E-state index is -3.37. The highest BCUT2D eigenvalue weighted by Gasteiger charge is 2.13. The lowest BCUT2D eigenvalue weighted by Crippen LogP contribution is -2.30. The van der Waals surface area contributed by atoms with Gasteiger partial charge in [0.1, 0.15) is 0 Å². The molecule has 0 unspecified atom stereocenters. The van der Waals surface area contributed by atoms with Crippen LogP contribution >= 0.6 is 11.6 Å². The van der Waals surface area contributed by atoms with E-state index in [2.05, 4.69) is 5.32 Å². The summed E-state index contributed by atoms with van der Waals surface area (Å²) in [5.74, 6) is -0.262. The van der Waals surface area contributed by atoms with Gasteiger partial charge in [-0.05, 0) is 37.7 Å². The zero-order valence-electron chi connectivity index (χ0n) is 14.4. The van der Waals surface area contributed by atoms with Crippen LogP contribution in [-0.2, 0) is 21.2 Å². The number of carbonyl (C=O) groups is 1. The molecule has 0 bridgehead atoms. The first kappa shape index (κ1) is 19.4. The van der Waals surface area contributed by atoms with Gasteiger partial charge in [-0.1, -0.05) is 41.4 Å². The number of amides is 1. The van der Waals surface area contributed by atoms with Crippen molar-refractivity contribution in [3.8, 4) is 0 Å². The standard InChI is InChI=1S/C18H21ClN2O3S/c1-13-4-6-14(7-5-13)11-21(2)12-18(22)20-17-10-15(25(3,23)24)8-9-16(17)19/h4-10H,11-12H2,1-3H3,(H,20,22). The molecule has 25 heavy (non-hydrogen) atoms. The maximum atomic E-state index is 12.2. The summed E-state index contributed by atoms with van der Waals surface area (Å²) in [4.78, 5) is 14.2. The Bertz CT molecular complexity index is 864. The maximum absolute atomic E-state index is 12.2.